The summed E-state index contributed by atoms with van der Waals surface area (Å²) in [7, 11) is 1.61. The number of rotatable bonds is 9. The lowest BCUT2D eigenvalue weighted by Crippen LogP contribution is -2.46. The Labute approximate surface area is 205 Å². The van der Waals surface area contributed by atoms with Crippen molar-refractivity contribution < 1.29 is 14.3 Å². The second-order valence-corrected chi connectivity index (χ2v) is 9.96. The van der Waals surface area contributed by atoms with E-state index in [1.807, 2.05) is 73.0 Å². The van der Waals surface area contributed by atoms with E-state index in [-0.39, 0.29) is 24.3 Å². The third-order valence-corrected chi connectivity index (χ3v) is 7.25. The predicted molar refractivity (Wildman–Crippen MR) is 136 cm³/mol. The molecule has 1 saturated carbocycles. The number of benzene rings is 2. The fourth-order valence-electron chi connectivity index (χ4n) is 4.51. The van der Waals surface area contributed by atoms with E-state index in [1.54, 1.807) is 23.3 Å². The van der Waals surface area contributed by atoms with Gasteiger partial charge >= 0.3 is 0 Å². The zero-order valence-corrected chi connectivity index (χ0v) is 20.6. The maximum atomic E-state index is 13.7. The Morgan fingerprint density at radius 1 is 1.09 bits per heavy atom. The topological polar surface area (TPSA) is 58.6 Å². The van der Waals surface area contributed by atoms with Crippen molar-refractivity contribution in [1.29, 1.82) is 0 Å². The Morgan fingerprint density at radius 2 is 1.85 bits per heavy atom. The maximum absolute atomic E-state index is 13.7. The van der Waals surface area contributed by atoms with Gasteiger partial charge in [-0.25, -0.2) is 0 Å². The van der Waals surface area contributed by atoms with Gasteiger partial charge in [-0.15, -0.1) is 11.3 Å². The summed E-state index contributed by atoms with van der Waals surface area (Å²) >= 11 is 1.56. The van der Waals surface area contributed by atoms with Gasteiger partial charge < -0.3 is 15.0 Å². The van der Waals surface area contributed by atoms with Gasteiger partial charge in [0.05, 0.1) is 13.5 Å². The van der Waals surface area contributed by atoms with Gasteiger partial charge in [0, 0.05) is 17.5 Å². The Hall–Kier alpha value is -3.12. The molecule has 1 aromatic heterocycles. The van der Waals surface area contributed by atoms with E-state index in [1.165, 1.54) is 0 Å². The van der Waals surface area contributed by atoms with Crippen molar-refractivity contribution >= 4 is 23.2 Å². The van der Waals surface area contributed by atoms with Gasteiger partial charge in [-0.05, 0) is 54.5 Å². The van der Waals surface area contributed by atoms with E-state index in [0.29, 0.717) is 12.3 Å². The number of nitrogens with one attached hydrogen (secondary N) is 1. The molecule has 0 aliphatic heterocycles. The van der Waals surface area contributed by atoms with Gasteiger partial charge in [0.2, 0.25) is 11.8 Å². The molecule has 2 aromatic carbocycles. The van der Waals surface area contributed by atoms with Crippen LogP contribution in [0.3, 0.4) is 0 Å². The van der Waals surface area contributed by atoms with Gasteiger partial charge in [-0.3, -0.25) is 9.59 Å². The van der Waals surface area contributed by atoms with Crippen molar-refractivity contribution in [1.82, 2.24) is 10.2 Å². The highest BCUT2D eigenvalue weighted by Gasteiger charge is 2.33. The Morgan fingerprint density at radius 3 is 2.53 bits per heavy atom. The normalized spacial score (nSPS) is 14.5. The highest BCUT2D eigenvalue weighted by molar-refractivity contribution is 7.10. The summed E-state index contributed by atoms with van der Waals surface area (Å²) in [6.45, 7) is 2.39. The summed E-state index contributed by atoms with van der Waals surface area (Å²) in [5.74, 6) is 0.460. The Kier molecular flexibility index (Phi) is 8.01. The SMILES string of the molecule is COc1cccc([C@H](C(=O)NC2CCCC2)N(Cc2ccc(C)cc2)C(=O)Cc2cccs2)c1. The molecule has 1 atom stereocenters. The summed E-state index contributed by atoms with van der Waals surface area (Å²) < 4.78 is 5.44. The quantitative estimate of drug-likeness (QED) is 0.448. The smallest absolute Gasteiger partial charge is 0.247 e. The first-order valence-electron chi connectivity index (χ1n) is 11.8. The standard InChI is InChI=1S/C28H32N2O3S/c1-20-12-14-21(15-13-20)19-30(26(31)18-25-11-6-16-34-25)27(22-7-5-10-24(17-22)33-2)28(32)29-23-8-3-4-9-23/h5-7,10-17,23,27H,3-4,8-9,18-19H2,1-2H3,(H,29,32)/t27-/m1/s1. The number of ether oxygens (including phenoxy) is 1. The molecule has 178 valence electrons. The zero-order chi connectivity index (χ0) is 23.9. The van der Waals surface area contributed by atoms with Gasteiger partial charge in [0.1, 0.15) is 11.8 Å². The summed E-state index contributed by atoms with van der Waals surface area (Å²) in [5.41, 5.74) is 2.90. The van der Waals surface area contributed by atoms with Crippen molar-refractivity contribution in [2.24, 2.45) is 0 Å². The number of hydrogen-bond donors (Lipinski definition) is 1. The number of thiophene rings is 1. The van der Waals surface area contributed by atoms with Crippen LogP contribution >= 0.6 is 11.3 Å². The zero-order valence-electron chi connectivity index (χ0n) is 19.8. The van der Waals surface area contributed by atoms with Gasteiger partial charge in [-0.1, -0.05) is 60.9 Å². The minimum atomic E-state index is -0.746. The summed E-state index contributed by atoms with van der Waals surface area (Å²) in [5, 5.41) is 5.20. The number of nitrogens with zero attached hydrogens (tertiary/aromatic N) is 1. The molecule has 1 fully saturated rings. The molecule has 0 unspecified atom stereocenters. The number of carbonyl (C=O) groups is 2. The molecule has 34 heavy (non-hydrogen) atoms. The average molecular weight is 477 g/mol. The van der Waals surface area contributed by atoms with Crippen LogP contribution < -0.4 is 10.1 Å². The van der Waals surface area contributed by atoms with E-state index in [9.17, 15) is 9.59 Å². The van der Waals surface area contributed by atoms with E-state index in [0.717, 1.165) is 47.3 Å². The van der Waals surface area contributed by atoms with Crippen LogP contribution in [-0.2, 0) is 22.6 Å². The van der Waals surface area contributed by atoms with Crippen molar-refractivity contribution in [3.05, 3.63) is 87.6 Å². The molecule has 4 rings (SSSR count). The highest BCUT2D eigenvalue weighted by Crippen LogP contribution is 2.29. The van der Waals surface area contributed by atoms with E-state index in [2.05, 4.69) is 5.32 Å². The maximum Gasteiger partial charge on any atom is 0.247 e. The van der Waals surface area contributed by atoms with Crippen molar-refractivity contribution in [2.75, 3.05) is 7.11 Å². The molecule has 0 spiro atoms. The molecule has 0 bridgehead atoms. The second kappa shape index (κ2) is 11.3. The largest absolute Gasteiger partial charge is 0.497 e. The molecule has 1 heterocycles. The Bertz CT molecular complexity index is 1090. The summed E-state index contributed by atoms with van der Waals surface area (Å²) in [6.07, 6.45) is 4.48. The van der Waals surface area contributed by atoms with E-state index >= 15 is 0 Å². The fraction of sp³-hybridized carbons (Fsp3) is 0.357. The highest BCUT2D eigenvalue weighted by atomic mass is 32.1. The first-order valence-corrected chi connectivity index (χ1v) is 12.7. The monoisotopic (exact) mass is 476 g/mol. The van der Waals surface area contributed by atoms with Crippen LogP contribution in [0.1, 0.15) is 53.3 Å². The van der Waals surface area contributed by atoms with E-state index in [4.69, 9.17) is 4.74 Å². The molecular weight excluding hydrogens is 444 g/mol. The van der Waals surface area contributed by atoms with Crippen LogP contribution in [0.4, 0.5) is 0 Å². The fourth-order valence-corrected chi connectivity index (χ4v) is 5.21. The third kappa shape index (κ3) is 6.06. The molecule has 5 nitrogen and oxygen atoms in total. The van der Waals surface area contributed by atoms with Crippen molar-refractivity contribution in [2.45, 2.75) is 57.7 Å². The third-order valence-electron chi connectivity index (χ3n) is 6.37. The first kappa shape index (κ1) is 24.0. The molecule has 2 amide bonds. The number of aryl methyl sites for hydroxylation is 1. The molecule has 0 radical (unpaired) electrons. The Balaban J connectivity index is 1.71. The van der Waals surface area contributed by atoms with Gasteiger partial charge in [0.25, 0.3) is 0 Å². The number of hydrogen-bond acceptors (Lipinski definition) is 4. The second-order valence-electron chi connectivity index (χ2n) is 8.93. The molecule has 3 aromatic rings. The van der Waals surface area contributed by atoms with Crippen LogP contribution in [-0.4, -0.2) is 29.9 Å². The van der Waals surface area contributed by atoms with Crippen LogP contribution in [0, 0.1) is 6.92 Å². The van der Waals surface area contributed by atoms with Gasteiger partial charge in [0.15, 0.2) is 0 Å². The minimum Gasteiger partial charge on any atom is -0.497 e. The number of amides is 2. The van der Waals surface area contributed by atoms with Crippen LogP contribution in [0.25, 0.3) is 0 Å². The average Bonchev–Trinajstić information content (AvgIpc) is 3.54. The van der Waals surface area contributed by atoms with Gasteiger partial charge in [-0.2, -0.15) is 0 Å². The number of carbonyl (C=O) groups excluding carboxylic acids is 2. The van der Waals surface area contributed by atoms with Crippen LogP contribution in [0.5, 0.6) is 5.75 Å². The molecule has 1 N–H and O–H groups in total. The molecule has 6 heteroatoms. The first-order chi connectivity index (χ1) is 16.5. The van der Waals surface area contributed by atoms with Crippen LogP contribution in [0.2, 0.25) is 0 Å². The lowest BCUT2D eigenvalue weighted by atomic mass is 10.0. The molecular formula is C28H32N2O3S. The minimum absolute atomic E-state index is 0.0718. The lowest BCUT2D eigenvalue weighted by molar-refractivity contribution is -0.141. The van der Waals surface area contributed by atoms with Crippen molar-refractivity contribution in [3.8, 4) is 5.75 Å². The molecule has 0 saturated heterocycles. The molecule has 1 aliphatic carbocycles. The lowest BCUT2D eigenvalue weighted by Gasteiger charge is -2.32. The predicted octanol–water partition coefficient (Wildman–Crippen LogP) is 5.44. The number of methoxy groups -OCH3 is 1. The van der Waals surface area contributed by atoms with Crippen molar-refractivity contribution in [3.63, 3.8) is 0 Å². The summed E-state index contributed by atoms with van der Waals surface area (Å²) in [4.78, 5) is 30.2. The van der Waals surface area contributed by atoms with Crippen LogP contribution in [0.15, 0.2) is 66.0 Å². The summed E-state index contributed by atoms with van der Waals surface area (Å²) in [6, 6.07) is 18.9. The van der Waals surface area contributed by atoms with E-state index < -0.39 is 6.04 Å². The molecule has 1 aliphatic rings.